The number of thiazole rings is 1. The fourth-order valence-electron chi connectivity index (χ4n) is 2.53. The Morgan fingerprint density at radius 3 is 2.59 bits per heavy atom. The Hall–Kier alpha value is -2.96. The highest BCUT2D eigenvalue weighted by molar-refractivity contribution is 7.20. The van der Waals surface area contributed by atoms with Crippen LogP contribution in [0.3, 0.4) is 0 Å². The largest absolute Gasteiger partial charge is 0.455 e. The van der Waals surface area contributed by atoms with Crippen molar-refractivity contribution in [2.75, 3.05) is 5.32 Å². The molecule has 0 atom stereocenters. The molecular weight excluding hydrogens is 376 g/mol. The van der Waals surface area contributed by atoms with Gasteiger partial charge in [0.05, 0.1) is 22.7 Å². The van der Waals surface area contributed by atoms with E-state index >= 15 is 0 Å². The molecule has 1 N–H and O–H groups in total. The van der Waals surface area contributed by atoms with Crippen molar-refractivity contribution in [3.05, 3.63) is 83.2 Å². The van der Waals surface area contributed by atoms with Crippen LogP contribution in [0.4, 0.5) is 5.69 Å². The molecule has 2 heterocycles. The van der Waals surface area contributed by atoms with Crippen LogP contribution < -0.4 is 10.1 Å². The summed E-state index contributed by atoms with van der Waals surface area (Å²) in [7, 11) is 0. The van der Waals surface area contributed by atoms with Crippen LogP contribution in [0.25, 0.3) is 9.88 Å². The number of ether oxygens (including phenoxy) is 1. The van der Waals surface area contributed by atoms with Crippen molar-refractivity contribution in [1.82, 2.24) is 4.98 Å². The van der Waals surface area contributed by atoms with Crippen molar-refractivity contribution >= 4 is 34.3 Å². The Morgan fingerprint density at radius 2 is 1.78 bits per heavy atom. The van der Waals surface area contributed by atoms with E-state index in [-0.39, 0.29) is 12.3 Å². The Labute approximate surface area is 165 Å². The van der Waals surface area contributed by atoms with E-state index in [1.807, 2.05) is 77.5 Å². The Balaban J connectivity index is 1.44. The lowest BCUT2D eigenvalue weighted by molar-refractivity contribution is -0.115. The molecule has 2 aromatic carbocycles. The van der Waals surface area contributed by atoms with E-state index in [4.69, 9.17) is 4.74 Å². The molecule has 0 radical (unpaired) electrons. The molecule has 0 fully saturated rings. The summed E-state index contributed by atoms with van der Waals surface area (Å²) in [5.74, 6) is 1.20. The number of carbonyl (C=O) groups is 1. The topological polar surface area (TPSA) is 51.2 Å². The second kappa shape index (κ2) is 8.16. The number of aromatic nitrogens is 1. The second-order valence-corrected chi connectivity index (χ2v) is 7.56. The smallest absolute Gasteiger partial charge is 0.230 e. The molecule has 0 unspecified atom stereocenters. The molecule has 4 rings (SSSR count). The van der Waals surface area contributed by atoms with Crippen molar-refractivity contribution in [1.29, 1.82) is 0 Å². The molecule has 0 aliphatic rings. The highest BCUT2D eigenvalue weighted by Crippen LogP contribution is 2.30. The Morgan fingerprint density at radius 1 is 0.963 bits per heavy atom. The van der Waals surface area contributed by atoms with Gasteiger partial charge < -0.3 is 10.1 Å². The highest BCUT2D eigenvalue weighted by atomic mass is 32.1. The summed E-state index contributed by atoms with van der Waals surface area (Å²) in [6, 6.07) is 20.9. The average molecular weight is 393 g/mol. The van der Waals surface area contributed by atoms with Gasteiger partial charge in [-0.2, -0.15) is 0 Å². The van der Waals surface area contributed by atoms with Gasteiger partial charge in [-0.1, -0.05) is 36.4 Å². The first-order valence-electron chi connectivity index (χ1n) is 8.38. The van der Waals surface area contributed by atoms with Crippen LogP contribution in [-0.4, -0.2) is 10.9 Å². The monoisotopic (exact) mass is 392 g/mol. The van der Waals surface area contributed by atoms with Gasteiger partial charge in [0.25, 0.3) is 0 Å². The zero-order valence-corrected chi connectivity index (χ0v) is 15.9. The van der Waals surface area contributed by atoms with Crippen LogP contribution in [-0.2, 0) is 11.2 Å². The van der Waals surface area contributed by atoms with Crippen LogP contribution in [0.2, 0.25) is 0 Å². The van der Waals surface area contributed by atoms with Gasteiger partial charge in [0.1, 0.15) is 10.8 Å². The van der Waals surface area contributed by atoms with Crippen LogP contribution in [0.5, 0.6) is 11.5 Å². The van der Waals surface area contributed by atoms with E-state index in [9.17, 15) is 4.79 Å². The average Bonchev–Trinajstić information content (AvgIpc) is 3.36. The number of amides is 1. The molecule has 6 heteroatoms. The van der Waals surface area contributed by atoms with Gasteiger partial charge in [0, 0.05) is 5.38 Å². The van der Waals surface area contributed by atoms with Gasteiger partial charge in [-0.15, -0.1) is 22.7 Å². The predicted octanol–water partition coefficient (Wildman–Crippen LogP) is 5.85. The van der Waals surface area contributed by atoms with E-state index in [1.165, 1.54) is 0 Å². The Bertz CT molecular complexity index is 1030. The summed E-state index contributed by atoms with van der Waals surface area (Å²) in [5.41, 5.74) is 1.41. The van der Waals surface area contributed by atoms with E-state index in [0.717, 1.165) is 21.3 Å². The lowest BCUT2D eigenvalue weighted by Crippen LogP contribution is -2.15. The van der Waals surface area contributed by atoms with Gasteiger partial charge in [-0.05, 0) is 35.7 Å². The third kappa shape index (κ3) is 4.42. The zero-order chi connectivity index (χ0) is 18.5. The fraction of sp³-hybridized carbons (Fsp3) is 0.0476. The number of rotatable bonds is 6. The van der Waals surface area contributed by atoms with Crippen LogP contribution in [0, 0.1) is 0 Å². The molecule has 1 amide bonds. The van der Waals surface area contributed by atoms with E-state index in [2.05, 4.69) is 10.3 Å². The van der Waals surface area contributed by atoms with Gasteiger partial charge in [0.2, 0.25) is 5.91 Å². The normalized spacial score (nSPS) is 10.5. The molecule has 0 aliphatic heterocycles. The molecule has 0 saturated heterocycles. The van der Waals surface area contributed by atoms with Gasteiger partial charge in [-0.3, -0.25) is 4.79 Å². The molecule has 0 bridgehead atoms. The van der Waals surface area contributed by atoms with Crippen molar-refractivity contribution in [2.24, 2.45) is 0 Å². The zero-order valence-electron chi connectivity index (χ0n) is 14.3. The minimum absolute atomic E-state index is 0.123. The van der Waals surface area contributed by atoms with E-state index < -0.39 is 0 Å². The van der Waals surface area contributed by atoms with Crippen molar-refractivity contribution in [3.63, 3.8) is 0 Å². The van der Waals surface area contributed by atoms with Crippen LogP contribution >= 0.6 is 22.7 Å². The summed E-state index contributed by atoms with van der Waals surface area (Å²) in [4.78, 5) is 18.2. The summed E-state index contributed by atoms with van der Waals surface area (Å²) in [6.07, 6.45) is 0.224. The number of benzene rings is 2. The molecule has 27 heavy (non-hydrogen) atoms. The standard InChI is InChI=1S/C21H16N2O2S2/c24-20(13-15-14-27-21(22-15)19-11-6-12-26-19)23-17-9-4-5-10-18(17)25-16-7-2-1-3-8-16/h1-12,14H,13H2,(H,23,24). The van der Waals surface area contributed by atoms with Crippen molar-refractivity contribution in [3.8, 4) is 21.4 Å². The number of carbonyl (C=O) groups excluding carboxylic acids is 1. The SMILES string of the molecule is O=C(Cc1csc(-c2cccs2)n1)Nc1ccccc1Oc1ccccc1. The third-order valence-electron chi connectivity index (χ3n) is 3.76. The number of nitrogens with one attached hydrogen (secondary N) is 1. The van der Waals surface area contributed by atoms with Crippen LogP contribution in [0.1, 0.15) is 5.69 Å². The fourth-order valence-corrected chi connectivity index (χ4v) is 4.17. The summed E-state index contributed by atoms with van der Waals surface area (Å²) in [6.45, 7) is 0. The van der Waals surface area contributed by atoms with Crippen LogP contribution in [0.15, 0.2) is 77.5 Å². The number of hydrogen-bond donors (Lipinski definition) is 1. The summed E-state index contributed by atoms with van der Waals surface area (Å²) in [5, 5.41) is 7.82. The summed E-state index contributed by atoms with van der Waals surface area (Å²) < 4.78 is 5.89. The Kier molecular flexibility index (Phi) is 5.27. The number of anilines is 1. The lowest BCUT2D eigenvalue weighted by atomic mass is 10.2. The molecule has 2 aromatic heterocycles. The number of hydrogen-bond acceptors (Lipinski definition) is 5. The van der Waals surface area contributed by atoms with Gasteiger partial charge >= 0.3 is 0 Å². The number of para-hydroxylation sites is 3. The van der Waals surface area contributed by atoms with Crippen molar-refractivity contribution < 1.29 is 9.53 Å². The minimum Gasteiger partial charge on any atom is -0.455 e. The first-order valence-corrected chi connectivity index (χ1v) is 10.1. The molecule has 0 aliphatic carbocycles. The van der Waals surface area contributed by atoms with E-state index in [0.29, 0.717) is 11.4 Å². The second-order valence-electron chi connectivity index (χ2n) is 5.76. The molecular formula is C21H16N2O2S2. The molecule has 0 spiro atoms. The third-order valence-corrected chi connectivity index (χ3v) is 5.69. The lowest BCUT2D eigenvalue weighted by Gasteiger charge is -2.11. The van der Waals surface area contributed by atoms with Gasteiger partial charge in [0.15, 0.2) is 5.75 Å². The summed E-state index contributed by atoms with van der Waals surface area (Å²) >= 11 is 3.20. The van der Waals surface area contributed by atoms with Gasteiger partial charge in [-0.25, -0.2) is 4.98 Å². The highest BCUT2D eigenvalue weighted by Gasteiger charge is 2.12. The maximum Gasteiger partial charge on any atom is 0.230 e. The minimum atomic E-state index is -0.123. The number of nitrogens with zero attached hydrogens (tertiary/aromatic N) is 1. The first kappa shape index (κ1) is 17.5. The molecule has 0 saturated carbocycles. The molecule has 134 valence electrons. The van der Waals surface area contributed by atoms with Crippen molar-refractivity contribution in [2.45, 2.75) is 6.42 Å². The maximum atomic E-state index is 12.5. The predicted molar refractivity (Wildman–Crippen MR) is 111 cm³/mol. The molecule has 4 nitrogen and oxygen atoms in total. The maximum absolute atomic E-state index is 12.5. The van der Waals surface area contributed by atoms with E-state index in [1.54, 1.807) is 22.7 Å². The first-order chi connectivity index (χ1) is 13.3. The quantitative estimate of drug-likeness (QED) is 0.448. The molecule has 4 aromatic rings. The number of thiophene rings is 1.